The summed E-state index contributed by atoms with van der Waals surface area (Å²) in [6, 6.07) is 20.3. The summed E-state index contributed by atoms with van der Waals surface area (Å²) >= 11 is 0. The highest BCUT2D eigenvalue weighted by molar-refractivity contribution is 6.08. The van der Waals surface area contributed by atoms with Gasteiger partial charge in [0, 0.05) is 5.56 Å². The van der Waals surface area contributed by atoms with Crippen LogP contribution in [0.15, 0.2) is 72.8 Å². The first-order chi connectivity index (χ1) is 14.5. The fourth-order valence-electron chi connectivity index (χ4n) is 2.91. The zero-order valence-electron chi connectivity index (χ0n) is 16.7. The number of hydrogen-bond acceptors (Lipinski definition) is 5. The van der Waals surface area contributed by atoms with Crippen LogP contribution in [-0.2, 0) is 4.74 Å². The largest absolute Gasteiger partial charge is 0.496 e. The predicted octanol–water partition coefficient (Wildman–Crippen LogP) is 4.30. The lowest BCUT2D eigenvalue weighted by Crippen LogP contribution is -2.18. The molecule has 0 saturated carbocycles. The topological polar surface area (TPSA) is 81.7 Å². The van der Waals surface area contributed by atoms with Gasteiger partial charge in [-0.25, -0.2) is 4.79 Å². The van der Waals surface area contributed by atoms with Gasteiger partial charge in [0.25, 0.3) is 5.91 Å². The van der Waals surface area contributed by atoms with Crippen molar-refractivity contribution in [2.45, 2.75) is 6.92 Å². The van der Waals surface area contributed by atoms with Gasteiger partial charge >= 0.3 is 5.97 Å². The van der Waals surface area contributed by atoms with Gasteiger partial charge in [0.2, 0.25) is 5.78 Å². The van der Waals surface area contributed by atoms with Crippen molar-refractivity contribution in [3.05, 3.63) is 95.1 Å². The van der Waals surface area contributed by atoms with Crippen LogP contribution >= 0.6 is 0 Å². The Morgan fingerprint density at radius 2 is 1.57 bits per heavy atom. The molecular weight excluding hydrogens is 382 g/mol. The third kappa shape index (κ3) is 4.91. The van der Waals surface area contributed by atoms with Crippen molar-refractivity contribution in [3.8, 4) is 5.75 Å². The van der Waals surface area contributed by atoms with Gasteiger partial charge in [0.05, 0.1) is 23.9 Å². The highest BCUT2D eigenvalue weighted by Crippen LogP contribution is 2.20. The highest BCUT2D eigenvalue weighted by Gasteiger charge is 2.18. The van der Waals surface area contributed by atoms with E-state index < -0.39 is 12.6 Å². The zero-order valence-corrected chi connectivity index (χ0v) is 16.7. The highest BCUT2D eigenvalue weighted by atomic mass is 16.5. The van der Waals surface area contributed by atoms with Gasteiger partial charge in [-0.2, -0.15) is 0 Å². The Balaban J connectivity index is 1.71. The van der Waals surface area contributed by atoms with Crippen molar-refractivity contribution in [3.63, 3.8) is 0 Å². The van der Waals surface area contributed by atoms with E-state index >= 15 is 0 Å². The fourth-order valence-corrected chi connectivity index (χ4v) is 2.91. The van der Waals surface area contributed by atoms with Crippen molar-refractivity contribution in [2.24, 2.45) is 0 Å². The van der Waals surface area contributed by atoms with Crippen LogP contribution in [0, 0.1) is 6.92 Å². The lowest BCUT2D eigenvalue weighted by Gasteiger charge is -2.12. The van der Waals surface area contributed by atoms with E-state index in [-0.39, 0.29) is 17.3 Å². The molecule has 0 spiro atoms. The molecule has 0 aromatic heterocycles. The molecule has 6 nitrogen and oxygen atoms in total. The number of hydrogen-bond donors (Lipinski definition) is 1. The Kier molecular flexibility index (Phi) is 6.60. The number of anilines is 1. The second kappa shape index (κ2) is 9.52. The molecule has 0 heterocycles. The number of ether oxygens (including phenoxy) is 2. The standard InChI is InChI=1S/C24H21NO5/c1-16-8-7-9-17(14-16)23(27)25-20-12-5-3-10-18(20)24(28)30-15-21(26)19-11-4-6-13-22(19)29-2/h3-14H,15H2,1-2H3,(H,25,27). The van der Waals surface area contributed by atoms with Gasteiger partial charge in [0.1, 0.15) is 5.75 Å². The minimum atomic E-state index is -0.710. The van der Waals surface area contributed by atoms with Crippen LogP contribution in [0.4, 0.5) is 5.69 Å². The normalized spacial score (nSPS) is 10.2. The lowest BCUT2D eigenvalue weighted by molar-refractivity contribution is 0.0475. The summed E-state index contributed by atoms with van der Waals surface area (Å²) < 4.78 is 10.4. The summed E-state index contributed by atoms with van der Waals surface area (Å²) in [6.07, 6.45) is 0. The SMILES string of the molecule is COc1ccccc1C(=O)COC(=O)c1ccccc1NC(=O)c1cccc(C)c1. The number of nitrogens with one attached hydrogen (secondary N) is 1. The average molecular weight is 403 g/mol. The average Bonchev–Trinajstić information content (AvgIpc) is 2.77. The molecule has 152 valence electrons. The van der Waals surface area contributed by atoms with Gasteiger partial charge in [-0.15, -0.1) is 0 Å². The number of rotatable bonds is 7. The maximum absolute atomic E-state index is 12.6. The van der Waals surface area contributed by atoms with Crippen LogP contribution in [-0.4, -0.2) is 31.4 Å². The van der Waals surface area contributed by atoms with E-state index in [0.29, 0.717) is 22.6 Å². The molecule has 3 aromatic carbocycles. The van der Waals surface area contributed by atoms with Crippen molar-refractivity contribution in [2.75, 3.05) is 19.0 Å². The summed E-state index contributed by atoms with van der Waals surface area (Å²) in [5.41, 5.74) is 2.22. The van der Waals surface area contributed by atoms with E-state index in [1.807, 2.05) is 13.0 Å². The summed E-state index contributed by atoms with van der Waals surface area (Å²) in [4.78, 5) is 37.5. The number of ketones is 1. The van der Waals surface area contributed by atoms with Crippen molar-refractivity contribution in [1.29, 1.82) is 0 Å². The number of methoxy groups -OCH3 is 1. The Morgan fingerprint density at radius 3 is 2.30 bits per heavy atom. The summed E-state index contributed by atoms with van der Waals surface area (Å²) in [5.74, 6) is -1.03. The van der Waals surface area contributed by atoms with E-state index in [0.717, 1.165) is 5.56 Å². The van der Waals surface area contributed by atoms with Crippen LogP contribution < -0.4 is 10.1 Å². The number of benzene rings is 3. The number of para-hydroxylation sites is 2. The summed E-state index contributed by atoms with van der Waals surface area (Å²) in [6.45, 7) is 1.44. The minimum Gasteiger partial charge on any atom is -0.496 e. The third-order valence-electron chi connectivity index (χ3n) is 4.42. The molecule has 0 fully saturated rings. The molecule has 3 rings (SSSR count). The van der Waals surface area contributed by atoms with Crippen molar-refractivity contribution >= 4 is 23.3 Å². The molecule has 0 bridgehead atoms. The molecule has 1 N–H and O–H groups in total. The monoisotopic (exact) mass is 403 g/mol. The molecule has 0 aliphatic heterocycles. The Morgan fingerprint density at radius 1 is 0.867 bits per heavy atom. The molecule has 1 amide bonds. The van der Waals surface area contributed by atoms with Gasteiger partial charge in [0.15, 0.2) is 6.61 Å². The number of amides is 1. The van der Waals surface area contributed by atoms with Crippen LogP contribution in [0.1, 0.15) is 36.6 Å². The van der Waals surface area contributed by atoms with Crippen LogP contribution in [0.3, 0.4) is 0 Å². The first kappa shape index (κ1) is 20.8. The second-order valence-corrected chi connectivity index (χ2v) is 6.57. The maximum Gasteiger partial charge on any atom is 0.340 e. The number of esters is 1. The molecule has 0 aliphatic rings. The van der Waals surface area contributed by atoms with E-state index in [4.69, 9.17) is 9.47 Å². The lowest BCUT2D eigenvalue weighted by atomic mass is 10.1. The van der Waals surface area contributed by atoms with Crippen LogP contribution in [0.2, 0.25) is 0 Å². The Bertz CT molecular complexity index is 1090. The molecule has 0 unspecified atom stereocenters. The predicted molar refractivity (Wildman–Crippen MR) is 113 cm³/mol. The fraction of sp³-hybridized carbons (Fsp3) is 0.125. The summed E-state index contributed by atoms with van der Waals surface area (Å²) in [7, 11) is 1.46. The quantitative estimate of drug-likeness (QED) is 0.470. The number of aryl methyl sites for hydroxylation is 1. The van der Waals surface area contributed by atoms with E-state index in [9.17, 15) is 14.4 Å². The van der Waals surface area contributed by atoms with Gasteiger partial charge in [-0.05, 0) is 43.3 Å². The van der Waals surface area contributed by atoms with Gasteiger partial charge in [-0.1, -0.05) is 42.0 Å². The smallest absolute Gasteiger partial charge is 0.340 e. The van der Waals surface area contributed by atoms with Crippen molar-refractivity contribution in [1.82, 2.24) is 0 Å². The maximum atomic E-state index is 12.6. The molecular formula is C24H21NO5. The Labute approximate surface area is 174 Å². The first-order valence-corrected chi connectivity index (χ1v) is 9.30. The third-order valence-corrected chi connectivity index (χ3v) is 4.42. The molecule has 0 atom stereocenters. The van der Waals surface area contributed by atoms with E-state index in [2.05, 4.69) is 5.32 Å². The van der Waals surface area contributed by atoms with Crippen LogP contribution in [0.5, 0.6) is 5.75 Å². The van der Waals surface area contributed by atoms with E-state index in [1.54, 1.807) is 60.7 Å². The molecule has 6 heteroatoms. The zero-order chi connectivity index (χ0) is 21.5. The Hall–Kier alpha value is -3.93. The van der Waals surface area contributed by atoms with Gasteiger partial charge < -0.3 is 14.8 Å². The first-order valence-electron chi connectivity index (χ1n) is 9.30. The van der Waals surface area contributed by atoms with Crippen LogP contribution in [0.25, 0.3) is 0 Å². The second-order valence-electron chi connectivity index (χ2n) is 6.57. The number of carbonyl (C=O) groups excluding carboxylic acids is 3. The molecule has 0 saturated heterocycles. The minimum absolute atomic E-state index is 0.159. The van der Waals surface area contributed by atoms with E-state index in [1.165, 1.54) is 13.2 Å². The summed E-state index contributed by atoms with van der Waals surface area (Å²) in [5, 5.41) is 2.73. The molecule has 3 aromatic rings. The van der Waals surface area contributed by atoms with Crippen molar-refractivity contribution < 1.29 is 23.9 Å². The number of Topliss-reactive ketones (excluding diaryl/α,β-unsaturated/α-hetero) is 1. The number of carbonyl (C=O) groups is 3. The molecule has 0 radical (unpaired) electrons. The molecule has 0 aliphatic carbocycles. The van der Waals surface area contributed by atoms with Gasteiger partial charge in [-0.3, -0.25) is 9.59 Å². The molecule has 30 heavy (non-hydrogen) atoms.